The summed E-state index contributed by atoms with van der Waals surface area (Å²) in [6.45, 7) is 0.690. The molecule has 0 saturated heterocycles. The lowest BCUT2D eigenvalue weighted by atomic mass is 10.1. The molecule has 7 nitrogen and oxygen atoms in total. The molecule has 0 fully saturated rings. The Balaban J connectivity index is 1.74. The minimum absolute atomic E-state index is 0.0949. The van der Waals surface area contributed by atoms with Gasteiger partial charge in [-0.3, -0.25) is 9.79 Å². The van der Waals surface area contributed by atoms with Crippen LogP contribution in [0.3, 0.4) is 0 Å². The molecule has 0 radical (unpaired) electrons. The minimum atomic E-state index is -3.18. The molecule has 27 heavy (non-hydrogen) atoms. The van der Waals surface area contributed by atoms with Crippen LogP contribution in [0.25, 0.3) is 0 Å². The van der Waals surface area contributed by atoms with Gasteiger partial charge in [0.1, 0.15) is 0 Å². The Morgan fingerprint density at radius 3 is 2.26 bits per heavy atom. The van der Waals surface area contributed by atoms with Gasteiger partial charge < -0.3 is 16.0 Å². The average molecular weight is 388 g/mol. The van der Waals surface area contributed by atoms with E-state index in [-0.39, 0.29) is 12.5 Å². The molecule has 2 rings (SSSR count). The van der Waals surface area contributed by atoms with Crippen molar-refractivity contribution in [3.8, 4) is 0 Å². The first-order valence-electron chi connectivity index (χ1n) is 8.47. The van der Waals surface area contributed by atoms with Crippen LogP contribution >= 0.6 is 0 Å². The van der Waals surface area contributed by atoms with Gasteiger partial charge in [-0.2, -0.15) is 0 Å². The number of para-hydroxylation sites is 1. The van der Waals surface area contributed by atoms with Gasteiger partial charge in [-0.05, 0) is 36.2 Å². The van der Waals surface area contributed by atoms with Crippen molar-refractivity contribution in [1.82, 2.24) is 10.6 Å². The summed E-state index contributed by atoms with van der Waals surface area (Å²) in [5.41, 5.74) is 1.75. The van der Waals surface area contributed by atoms with Crippen molar-refractivity contribution in [3.63, 3.8) is 0 Å². The van der Waals surface area contributed by atoms with Crippen molar-refractivity contribution in [2.45, 2.75) is 11.3 Å². The summed E-state index contributed by atoms with van der Waals surface area (Å²) in [4.78, 5) is 16.3. The maximum absolute atomic E-state index is 11.9. The zero-order chi connectivity index (χ0) is 19.7. The summed E-state index contributed by atoms with van der Waals surface area (Å²) in [5.74, 6) is 0.353. The molecule has 8 heteroatoms. The van der Waals surface area contributed by atoms with E-state index in [2.05, 4.69) is 20.9 Å². The first-order chi connectivity index (χ1) is 12.9. The van der Waals surface area contributed by atoms with Crippen LogP contribution in [-0.2, 0) is 21.1 Å². The Hall–Kier alpha value is -2.87. The van der Waals surface area contributed by atoms with Gasteiger partial charge in [0.05, 0.1) is 11.4 Å². The lowest BCUT2D eigenvalue weighted by Crippen LogP contribution is -2.42. The van der Waals surface area contributed by atoms with E-state index >= 15 is 0 Å². The van der Waals surface area contributed by atoms with Crippen molar-refractivity contribution in [2.24, 2.45) is 4.99 Å². The third kappa shape index (κ3) is 7.10. The first kappa shape index (κ1) is 20.4. The van der Waals surface area contributed by atoms with Crippen molar-refractivity contribution < 1.29 is 13.2 Å². The Bertz CT molecular complexity index is 879. The molecule has 0 aromatic heterocycles. The number of benzene rings is 2. The second-order valence-corrected chi connectivity index (χ2v) is 7.95. The third-order valence-electron chi connectivity index (χ3n) is 3.76. The number of nitrogens with one attached hydrogen (secondary N) is 3. The largest absolute Gasteiger partial charge is 0.356 e. The van der Waals surface area contributed by atoms with Crippen molar-refractivity contribution in [2.75, 3.05) is 31.7 Å². The predicted molar refractivity (Wildman–Crippen MR) is 108 cm³/mol. The highest BCUT2D eigenvalue weighted by Gasteiger charge is 2.07. The normalized spacial score (nSPS) is 11.7. The van der Waals surface area contributed by atoms with Crippen molar-refractivity contribution in [3.05, 3.63) is 60.2 Å². The van der Waals surface area contributed by atoms with Gasteiger partial charge >= 0.3 is 0 Å². The predicted octanol–water partition coefficient (Wildman–Crippen LogP) is 1.44. The monoisotopic (exact) mass is 388 g/mol. The number of hydrogen-bond donors (Lipinski definition) is 3. The number of carbonyl (C=O) groups excluding carboxylic acids is 1. The number of guanidine groups is 1. The fourth-order valence-electron chi connectivity index (χ4n) is 2.34. The van der Waals surface area contributed by atoms with E-state index in [4.69, 9.17) is 0 Å². The third-order valence-corrected chi connectivity index (χ3v) is 4.88. The molecule has 0 aliphatic carbocycles. The van der Waals surface area contributed by atoms with Crippen LogP contribution in [-0.4, -0.2) is 46.7 Å². The standard InChI is InChI=1S/C19H24N4O3S/c1-20-19(22-14-18(24)23-16-6-4-3-5-7-16)21-13-12-15-8-10-17(11-9-15)27(2,25)26/h3-11H,12-14H2,1-2H3,(H,23,24)(H2,20,21,22). The quantitative estimate of drug-likeness (QED) is 0.492. The number of aliphatic imine (C=N–C) groups is 1. The van der Waals surface area contributed by atoms with Gasteiger partial charge in [0.25, 0.3) is 0 Å². The Kier molecular flexibility index (Phi) is 7.36. The van der Waals surface area contributed by atoms with Gasteiger partial charge in [0, 0.05) is 25.5 Å². The molecule has 144 valence electrons. The smallest absolute Gasteiger partial charge is 0.243 e. The molecule has 2 aromatic carbocycles. The molecule has 2 aromatic rings. The van der Waals surface area contributed by atoms with Crippen molar-refractivity contribution in [1.29, 1.82) is 0 Å². The lowest BCUT2D eigenvalue weighted by molar-refractivity contribution is -0.115. The number of sulfone groups is 1. The zero-order valence-corrected chi connectivity index (χ0v) is 16.2. The molecule has 3 N–H and O–H groups in total. The number of hydrogen-bond acceptors (Lipinski definition) is 4. The molecule has 0 atom stereocenters. The molecular weight excluding hydrogens is 364 g/mol. The van der Waals surface area contributed by atoms with E-state index in [0.717, 1.165) is 11.3 Å². The average Bonchev–Trinajstić information content (AvgIpc) is 2.65. The Morgan fingerprint density at radius 2 is 1.67 bits per heavy atom. The molecule has 0 spiro atoms. The molecule has 0 bridgehead atoms. The second-order valence-electron chi connectivity index (χ2n) is 5.93. The van der Waals surface area contributed by atoms with E-state index in [9.17, 15) is 13.2 Å². The topological polar surface area (TPSA) is 99.7 Å². The van der Waals surface area contributed by atoms with Crippen LogP contribution in [0.1, 0.15) is 5.56 Å². The zero-order valence-electron chi connectivity index (χ0n) is 15.4. The maximum Gasteiger partial charge on any atom is 0.243 e. The number of nitrogens with zero attached hydrogens (tertiary/aromatic N) is 1. The van der Waals surface area contributed by atoms with E-state index in [1.165, 1.54) is 6.26 Å². The fraction of sp³-hybridized carbons (Fsp3) is 0.263. The summed E-state index contributed by atoms with van der Waals surface area (Å²) in [6, 6.07) is 16.0. The van der Waals surface area contributed by atoms with Crippen LogP contribution in [0.15, 0.2) is 64.5 Å². The van der Waals surface area contributed by atoms with Crippen LogP contribution in [0, 0.1) is 0 Å². The molecular formula is C19H24N4O3S. The van der Waals surface area contributed by atoms with Gasteiger partial charge in [0.15, 0.2) is 15.8 Å². The van der Waals surface area contributed by atoms with E-state index in [1.54, 1.807) is 31.3 Å². The lowest BCUT2D eigenvalue weighted by Gasteiger charge is -2.12. The van der Waals surface area contributed by atoms with E-state index in [0.29, 0.717) is 23.8 Å². The highest BCUT2D eigenvalue weighted by atomic mass is 32.2. The highest BCUT2D eigenvalue weighted by molar-refractivity contribution is 7.90. The van der Waals surface area contributed by atoms with Gasteiger partial charge in [-0.25, -0.2) is 8.42 Å². The van der Waals surface area contributed by atoms with E-state index in [1.807, 2.05) is 30.3 Å². The van der Waals surface area contributed by atoms with Crippen LogP contribution in [0.4, 0.5) is 5.69 Å². The summed E-state index contributed by atoms with van der Waals surface area (Å²) in [7, 11) is -1.55. The molecule has 1 amide bonds. The number of rotatable bonds is 7. The molecule has 0 aliphatic rings. The minimum Gasteiger partial charge on any atom is -0.356 e. The summed E-state index contributed by atoms with van der Waals surface area (Å²) < 4.78 is 22.9. The molecule has 0 unspecified atom stereocenters. The maximum atomic E-state index is 11.9. The van der Waals surface area contributed by atoms with E-state index < -0.39 is 9.84 Å². The molecule has 0 heterocycles. The van der Waals surface area contributed by atoms with Gasteiger partial charge in [-0.15, -0.1) is 0 Å². The number of anilines is 1. The molecule has 0 aliphatic heterocycles. The van der Waals surface area contributed by atoms with Crippen LogP contribution in [0.2, 0.25) is 0 Å². The summed E-state index contributed by atoms with van der Waals surface area (Å²) in [5, 5.41) is 8.86. The van der Waals surface area contributed by atoms with Crippen molar-refractivity contribution >= 4 is 27.4 Å². The highest BCUT2D eigenvalue weighted by Crippen LogP contribution is 2.10. The van der Waals surface area contributed by atoms with Gasteiger partial charge in [0.2, 0.25) is 5.91 Å². The molecule has 0 saturated carbocycles. The number of amides is 1. The summed E-state index contributed by atoms with van der Waals surface area (Å²) in [6.07, 6.45) is 1.88. The van der Waals surface area contributed by atoms with Gasteiger partial charge in [-0.1, -0.05) is 30.3 Å². The van der Waals surface area contributed by atoms with Crippen LogP contribution in [0.5, 0.6) is 0 Å². The Labute approximate surface area is 159 Å². The van der Waals surface area contributed by atoms with Crippen LogP contribution < -0.4 is 16.0 Å². The second kappa shape index (κ2) is 9.72. The fourth-order valence-corrected chi connectivity index (χ4v) is 2.97. The Morgan fingerprint density at radius 1 is 1.00 bits per heavy atom. The number of carbonyl (C=O) groups is 1. The SMILES string of the molecule is CN=C(NCCc1ccc(S(C)(=O)=O)cc1)NCC(=O)Nc1ccccc1. The first-order valence-corrected chi connectivity index (χ1v) is 10.4. The summed E-state index contributed by atoms with van der Waals surface area (Å²) >= 11 is 0.